The second kappa shape index (κ2) is 8.06. The molecule has 9 nitrogen and oxygen atoms in total. The SMILES string of the molecule is Cc1cc(C)nc(Nc2cc(C)nc(C3CCCN(S(=O)(=O)N(C)C)C3)n2)n1. The summed E-state index contributed by atoms with van der Waals surface area (Å²) in [6.45, 7) is 6.63. The van der Waals surface area contributed by atoms with Crippen LogP contribution < -0.4 is 5.32 Å². The summed E-state index contributed by atoms with van der Waals surface area (Å²) < 4.78 is 27.7. The maximum Gasteiger partial charge on any atom is 0.281 e. The molecule has 1 unspecified atom stereocenters. The van der Waals surface area contributed by atoms with E-state index in [1.807, 2.05) is 32.9 Å². The molecule has 1 atom stereocenters. The monoisotopic (exact) mass is 405 g/mol. The second-order valence-electron chi connectivity index (χ2n) is 7.34. The fourth-order valence-corrected chi connectivity index (χ4v) is 4.52. The van der Waals surface area contributed by atoms with Crippen molar-refractivity contribution < 1.29 is 8.42 Å². The maximum absolute atomic E-state index is 12.5. The lowest BCUT2D eigenvalue weighted by Gasteiger charge is -2.32. The third kappa shape index (κ3) is 4.62. The van der Waals surface area contributed by atoms with E-state index in [0.717, 1.165) is 29.9 Å². The van der Waals surface area contributed by atoms with E-state index in [1.165, 1.54) is 8.61 Å². The average molecular weight is 406 g/mol. The van der Waals surface area contributed by atoms with Gasteiger partial charge in [0.15, 0.2) is 0 Å². The van der Waals surface area contributed by atoms with Crippen molar-refractivity contribution >= 4 is 22.0 Å². The van der Waals surface area contributed by atoms with Gasteiger partial charge in [-0.2, -0.15) is 17.0 Å². The van der Waals surface area contributed by atoms with Crippen LogP contribution >= 0.6 is 0 Å². The number of aromatic nitrogens is 4. The molecule has 0 radical (unpaired) electrons. The summed E-state index contributed by atoms with van der Waals surface area (Å²) >= 11 is 0. The number of nitrogens with one attached hydrogen (secondary N) is 1. The van der Waals surface area contributed by atoms with E-state index >= 15 is 0 Å². The van der Waals surface area contributed by atoms with E-state index in [-0.39, 0.29) is 5.92 Å². The third-order valence-corrected chi connectivity index (χ3v) is 6.54. The van der Waals surface area contributed by atoms with Crippen molar-refractivity contribution in [2.45, 2.75) is 39.5 Å². The topological polar surface area (TPSA) is 104 Å². The van der Waals surface area contributed by atoms with Crippen LogP contribution in [-0.2, 0) is 10.2 Å². The summed E-state index contributed by atoms with van der Waals surface area (Å²) in [5, 5.41) is 3.15. The maximum atomic E-state index is 12.5. The molecule has 10 heteroatoms. The summed E-state index contributed by atoms with van der Waals surface area (Å²) in [7, 11) is -0.345. The van der Waals surface area contributed by atoms with E-state index in [2.05, 4.69) is 25.3 Å². The Labute approximate surface area is 166 Å². The van der Waals surface area contributed by atoms with Gasteiger partial charge in [0, 0.05) is 56.3 Å². The molecule has 1 aliphatic heterocycles. The predicted octanol–water partition coefficient (Wildman–Crippen LogP) is 1.92. The highest BCUT2D eigenvalue weighted by Crippen LogP contribution is 2.28. The molecule has 2 aromatic rings. The van der Waals surface area contributed by atoms with Crippen molar-refractivity contribution in [1.29, 1.82) is 0 Å². The van der Waals surface area contributed by atoms with Crippen LogP contribution in [0.25, 0.3) is 0 Å². The second-order valence-corrected chi connectivity index (χ2v) is 9.48. The highest BCUT2D eigenvalue weighted by molar-refractivity contribution is 7.86. The molecule has 0 spiro atoms. The van der Waals surface area contributed by atoms with Crippen molar-refractivity contribution in [2.24, 2.45) is 0 Å². The lowest BCUT2D eigenvalue weighted by molar-refractivity contribution is 0.293. The normalized spacial score (nSPS) is 18.4. The van der Waals surface area contributed by atoms with E-state index in [1.54, 1.807) is 14.1 Å². The van der Waals surface area contributed by atoms with Crippen molar-refractivity contribution in [3.8, 4) is 0 Å². The highest BCUT2D eigenvalue weighted by atomic mass is 32.2. The number of rotatable bonds is 5. The molecule has 0 bridgehead atoms. The van der Waals surface area contributed by atoms with Gasteiger partial charge in [-0.3, -0.25) is 0 Å². The zero-order valence-corrected chi connectivity index (χ0v) is 17.8. The molecule has 2 aromatic heterocycles. The average Bonchev–Trinajstić information content (AvgIpc) is 2.60. The van der Waals surface area contributed by atoms with E-state index in [4.69, 9.17) is 0 Å². The smallest absolute Gasteiger partial charge is 0.281 e. The van der Waals surface area contributed by atoms with Crippen LogP contribution in [0.4, 0.5) is 11.8 Å². The third-order valence-electron chi connectivity index (χ3n) is 4.63. The molecule has 1 aliphatic rings. The van der Waals surface area contributed by atoms with Crippen molar-refractivity contribution in [1.82, 2.24) is 28.5 Å². The molecule has 1 fully saturated rings. The molecule has 1 N–H and O–H groups in total. The molecule has 28 heavy (non-hydrogen) atoms. The Morgan fingerprint density at radius 2 is 1.68 bits per heavy atom. The first-order valence-electron chi connectivity index (χ1n) is 9.27. The van der Waals surface area contributed by atoms with E-state index in [0.29, 0.717) is 30.7 Å². The molecule has 0 amide bonds. The Morgan fingerprint density at radius 3 is 2.32 bits per heavy atom. The van der Waals surface area contributed by atoms with Gasteiger partial charge in [-0.1, -0.05) is 0 Å². The van der Waals surface area contributed by atoms with Gasteiger partial charge in [-0.15, -0.1) is 0 Å². The van der Waals surface area contributed by atoms with Crippen LogP contribution in [0.5, 0.6) is 0 Å². The van der Waals surface area contributed by atoms with Gasteiger partial charge >= 0.3 is 0 Å². The molecular formula is C18H27N7O2S. The first-order valence-corrected chi connectivity index (χ1v) is 10.7. The van der Waals surface area contributed by atoms with Crippen LogP contribution in [0, 0.1) is 20.8 Å². The quantitative estimate of drug-likeness (QED) is 0.810. The van der Waals surface area contributed by atoms with E-state index < -0.39 is 10.2 Å². The van der Waals surface area contributed by atoms with Crippen molar-refractivity contribution in [3.63, 3.8) is 0 Å². The molecule has 0 aromatic carbocycles. The van der Waals surface area contributed by atoms with Gasteiger partial charge in [0.2, 0.25) is 5.95 Å². The predicted molar refractivity (Wildman–Crippen MR) is 108 cm³/mol. The largest absolute Gasteiger partial charge is 0.309 e. The van der Waals surface area contributed by atoms with Crippen molar-refractivity contribution in [2.75, 3.05) is 32.5 Å². The van der Waals surface area contributed by atoms with Gasteiger partial charge in [0.25, 0.3) is 10.2 Å². The van der Waals surface area contributed by atoms with Crippen LogP contribution in [0.15, 0.2) is 12.1 Å². The molecule has 3 rings (SSSR count). The number of anilines is 2. The van der Waals surface area contributed by atoms with Gasteiger partial charge in [-0.25, -0.2) is 19.9 Å². The van der Waals surface area contributed by atoms with Gasteiger partial charge in [0.1, 0.15) is 11.6 Å². The first kappa shape index (κ1) is 20.6. The summed E-state index contributed by atoms with van der Waals surface area (Å²) in [5.74, 6) is 1.69. The van der Waals surface area contributed by atoms with Crippen molar-refractivity contribution in [3.05, 3.63) is 35.0 Å². The standard InChI is InChI=1S/C18H27N7O2S/c1-12-9-13(2)21-18(20-12)23-16-10-14(3)19-17(22-16)15-7-6-8-25(11-15)28(26,27)24(4)5/h9-10,15H,6-8,11H2,1-5H3,(H,19,20,21,22,23). The molecule has 3 heterocycles. The minimum Gasteiger partial charge on any atom is -0.309 e. The Balaban J connectivity index is 1.84. The van der Waals surface area contributed by atoms with Crippen LogP contribution in [0.2, 0.25) is 0 Å². The van der Waals surface area contributed by atoms with Crippen LogP contribution in [0.1, 0.15) is 41.7 Å². The number of aryl methyl sites for hydroxylation is 3. The van der Waals surface area contributed by atoms with Gasteiger partial charge in [0.05, 0.1) is 0 Å². The first-order chi connectivity index (χ1) is 13.1. The molecule has 0 aliphatic carbocycles. The minimum absolute atomic E-state index is 0.0518. The lowest BCUT2D eigenvalue weighted by atomic mass is 9.99. The molecular weight excluding hydrogens is 378 g/mol. The fourth-order valence-electron chi connectivity index (χ4n) is 3.33. The Kier molecular flexibility index (Phi) is 5.92. The zero-order chi connectivity index (χ0) is 20.5. The fraction of sp³-hybridized carbons (Fsp3) is 0.556. The van der Waals surface area contributed by atoms with Crippen LogP contribution in [0.3, 0.4) is 0 Å². The highest BCUT2D eigenvalue weighted by Gasteiger charge is 2.32. The molecule has 1 saturated heterocycles. The summed E-state index contributed by atoms with van der Waals surface area (Å²) in [6.07, 6.45) is 1.63. The number of hydrogen-bond donors (Lipinski definition) is 1. The van der Waals surface area contributed by atoms with Gasteiger partial charge in [-0.05, 0) is 39.7 Å². The Bertz CT molecular complexity index is 942. The van der Waals surface area contributed by atoms with Crippen LogP contribution in [-0.4, -0.2) is 64.1 Å². The Hall–Kier alpha value is -2.17. The van der Waals surface area contributed by atoms with E-state index in [9.17, 15) is 8.42 Å². The molecule has 152 valence electrons. The number of hydrogen-bond acceptors (Lipinski definition) is 7. The minimum atomic E-state index is -3.44. The number of piperidine rings is 1. The summed E-state index contributed by atoms with van der Waals surface area (Å²) in [6, 6.07) is 3.74. The number of nitrogens with zero attached hydrogens (tertiary/aromatic N) is 6. The summed E-state index contributed by atoms with van der Waals surface area (Å²) in [5.41, 5.74) is 2.56. The zero-order valence-electron chi connectivity index (χ0n) is 17.0. The lowest BCUT2D eigenvalue weighted by Crippen LogP contribution is -2.45. The Morgan fingerprint density at radius 1 is 1.04 bits per heavy atom. The molecule has 0 saturated carbocycles. The van der Waals surface area contributed by atoms with Gasteiger partial charge < -0.3 is 5.32 Å². The summed E-state index contributed by atoms with van der Waals surface area (Å²) in [4.78, 5) is 18.0.